The van der Waals surface area contributed by atoms with Crippen LogP contribution in [-0.2, 0) is 0 Å². The van der Waals surface area contributed by atoms with E-state index in [4.69, 9.17) is 4.43 Å². The van der Waals surface area contributed by atoms with Crippen LogP contribution in [0.2, 0.25) is 18.1 Å². The third-order valence-corrected chi connectivity index (χ3v) is 8.84. The van der Waals surface area contributed by atoms with Gasteiger partial charge in [-0.05, 0) is 55.4 Å². The van der Waals surface area contributed by atoms with Gasteiger partial charge in [0.15, 0.2) is 0 Å². The lowest BCUT2D eigenvalue weighted by atomic mass is 10.2. The van der Waals surface area contributed by atoms with Gasteiger partial charge in [0.25, 0.3) is 0 Å². The molecule has 4 nitrogen and oxygen atoms in total. The summed E-state index contributed by atoms with van der Waals surface area (Å²) in [5.74, 6) is 0.953. The zero-order chi connectivity index (χ0) is 16.6. The van der Waals surface area contributed by atoms with Gasteiger partial charge in [-0.15, -0.1) is 0 Å². The number of nitrogens with zero attached hydrogens (tertiary/aromatic N) is 1. The zero-order valence-electron chi connectivity index (χ0n) is 14.8. The first kappa shape index (κ1) is 16.9. The van der Waals surface area contributed by atoms with Crippen LogP contribution >= 0.6 is 0 Å². The standard InChI is InChI=1S/C17H29N3OSi/c1-16(2,3)22(6,7)21-15-10-8-14(9-11-15)18-17(4)12-13-20(5)19-17/h8-13,18-19H,1-7H3. The Balaban J connectivity index is 2.04. The number of hydrogen-bond acceptors (Lipinski definition) is 4. The lowest BCUT2D eigenvalue weighted by Crippen LogP contribution is -2.48. The number of hydrazine groups is 1. The normalized spacial score (nSPS) is 22.0. The van der Waals surface area contributed by atoms with Crippen LogP contribution in [0, 0.1) is 0 Å². The van der Waals surface area contributed by atoms with Crippen molar-refractivity contribution in [1.29, 1.82) is 0 Å². The average Bonchev–Trinajstić information content (AvgIpc) is 2.70. The van der Waals surface area contributed by atoms with Crippen molar-refractivity contribution in [3.8, 4) is 5.75 Å². The summed E-state index contributed by atoms with van der Waals surface area (Å²) >= 11 is 0. The second-order valence-electron chi connectivity index (χ2n) is 7.75. The second kappa shape index (κ2) is 5.63. The Morgan fingerprint density at radius 1 is 1.18 bits per heavy atom. The predicted octanol–water partition coefficient (Wildman–Crippen LogP) is 4.16. The molecule has 1 unspecified atom stereocenters. The largest absolute Gasteiger partial charge is 0.544 e. The van der Waals surface area contributed by atoms with Crippen molar-refractivity contribution in [3.05, 3.63) is 36.5 Å². The first-order valence-corrected chi connectivity index (χ1v) is 10.7. The zero-order valence-corrected chi connectivity index (χ0v) is 15.8. The van der Waals surface area contributed by atoms with E-state index >= 15 is 0 Å². The smallest absolute Gasteiger partial charge is 0.250 e. The molecule has 1 atom stereocenters. The highest BCUT2D eigenvalue weighted by atomic mass is 28.4. The minimum Gasteiger partial charge on any atom is -0.544 e. The molecule has 1 heterocycles. The van der Waals surface area contributed by atoms with E-state index in [9.17, 15) is 0 Å². The van der Waals surface area contributed by atoms with Gasteiger partial charge in [-0.3, -0.25) is 0 Å². The van der Waals surface area contributed by atoms with Gasteiger partial charge in [-0.25, -0.2) is 5.43 Å². The molecule has 0 radical (unpaired) electrons. The fourth-order valence-electron chi connectivity index (χ4n) is 2.13. The van der Waals surface area contributed by atoms with Gasteiger partial charge >= 0.3 is 0 Å². The Bertz CT molecular complexity index is 548. The fourth-order valence-corrected chi connectivity index (χ4v) is 3.16. The summed E-state index contributed by atoms with van der Waals surface area (Å²) in [7, 11) is 0.212. The molecule has 0 spiro atoms. The van der Waals surface area contributed by atoms with Crippen molar-refractivity contribution in [1.82, 2.24) is 10.4 Å². The highest BCUT2D eigenvalue weighted by Crippen LogP contribution is 2.37. The molecule has 2 rings (SSSR count). The molecule has 0 aliphatic carbocycles. The van der Waals surface area contributed by atoms with Crippen molar-refractivity contribution in [2.45, 2.75) is 51.5 Å². The Morgan fingerprint density at radius 3 is 2.23 bits per heavy atom. The molecule has 5 heteroatoms. The molecular weight excluding hydrogens is 290 g/mol. The van der Waals surface area contributed by atoms with Gasteiger partial charge in [0.2, 0.25) is 8.32 Å². The van der Waals surface area contributed by atoms with Gasteiger partial charge in [-0.1, -0.05) is 20.8 Å². The van der Waals surface area contributed by atoms with Gasteiger partial charge in [-0.2, -0.15) is 0 Å². The Hall–Kier alpha value is -1.46. The maximum absolute atomic E-state index is 6.31. The lowest BCUT2D eigenvalue weighted by molar-refractivity contribution is 0.288. The van der Waals surface area contributed by atoms with E-state index < -0.39 is 8.32 Å². The molecule has 0 amide bonds. The highest BCUT2D eigenvalue weighted by molar-refractivity contribution is 6.74. The molecule has 0 fully saturated rings. The third kappa shape index (κ3) is 3.84. The van der Waals surface area contributed by atoms with Crippen molar-refractivity contribution in [3.63, 3.8) is 0 Å². The Morgan fingerprint density at radius 2 is 1.77 bits per heavy atom. The summed E-state index contributed by atoms with van der Waals surface area (Å²) in [5.41, 5.74) is 4.15. The van der Waals surface area contributed by atoms with Crippen LogP contribution in [0.1, 0.15) is 27.7 Å². The Labute approximate surface area is 135 Å². The highest BCUT2D eigenvalue weighted by Gasteiger charge is 2.38. The van der Waals surface area contributed by atoms with E-state index in [0.29, 0.717) is 0 Å². The minimum atomic E-state index is -1.77. The quantitative estimate of drug-likeness (QED) is 0.817. The van der Waals surface area contributed by atoms with Crippen LogP contribution in [0.4, 0.5) is 5.69 Å². The number of benzene rings is 1. The SMILES string of the molecule is CN1C=CC(C)(Nc2ccc(O[Si](C)(C)C(C)(C)C)cc2)N1. The molecule has 1 aromatic rings. The van der Waals surface area contributed by atoms with Gasteiger partial charge in [0.1, 0.15) is 11.4 Å². The summed E-state index contributed by atoms with van der Waals surface area (Å²) in [6.07, 6.45) is 4.12. The molecule has 0 saturated carbocycles. The molecule has 22 heavy (non-hydrogen) atoms. The van der Waals surface area contributed by atoms with Gasteiger partial charge < -0.3 is 14.8 Å². The molecule has 1 aliphatic heterocycles. The lowest BCUT2D eigenvalue weighted by Gasteiger charge is -2.36. The molecule has 1 aromatic carbocycles. The minimum absolute atomic E-state index is 0.209. The first-order valence-electron chi connectivity index (χ1n) is 7.78. The first-order chi connectivity index (χ1) is 10.0. The Kier molecular flexibility index (Phi) is 4.32. The van der Waals surface area contributed by atoms with E-state index in [1.165, 1.54) is 0 Å². The summed E-state index contributed by atoms with van der Waals surface area (Å²) in [6.45, 7) is 13.4. The predicted molar refractivity (Wildman–Crippen MR) is 96.3 cm³/mol. The average molecular weight is 320 g/mol. The van der Waals surface area contributed by atoms with Gasteiger partial charge in [0, 0.05) is 18.9 Å². The summed E-state index contributed by atoms with van der Waals surface area (Å²) in [6, 6.07) is 8.24. The van der Waals surface area contributed by atoms with Crippen LogP contribution in [0.3, 0.4) is 0 Å². The maximum atomic E-state index is 6.31. The van der Waals surface area contributed by atoms with Crippen molar-refractivity contribution < 1.29 is 4.43 Å². The molecule has 0 saturated heterocycles. The number of rotatable bonds is 4. The number of hydrogen-bond donors (Lipinski definition) is 2. The van der Waals surface area contributed by atoms with E-state index in [0.717, 1.165) is 11.4 Å². The van der Waals surface area contributed by atoms with Crippen LogP contribution in [-0.4, -0.2) is 26.0 Å². The molecule has 1 aliphatic rings. The summed E-state index contributed by atoms with van der Waals surface area (Å²) in [4.78, 5) is 0. The van der Waals surface area contributed by atoms with Crippen LogP contribution in [0.5, 0.6) is 5.75 Å². The van der Waals surface area contributed by atoms with Crippen molar-refractivity contribution >= 4 is 14.0 Å². The van der Waals surface area contributed by atoms with Crippen molar-refractivity contribution in [2.75, 3.05) is 12.4 Å². The van der Waals surface area contributed by atoms with Crippen LogP contribution < -0.4 is 15.2 Å². The van der Waals surface area contributed by atoms with E-state index in [1.807, 2.05) is 18.3 Å². The fraction of sp³-hybridized carbons (Fsp3) is 0.529. The topological polar surface area (TPSA) is 36.5 Å². The molecule has 0 bridgehead atoms. The summed E-state index contributed by atoms with van der Waals surface area (Å²) < 4.78 is 6.31. The van der Waals surface area contributed by atoms with Crippen LogP contribution in [0.15, 0.2) is 36.5 Å². The molecule has 122 valence electrons. The van der Waals surface area contributed by atoms with Crippen molar-refractivity contribution in [2.24, 2.45) is 0 Å². The van der Waals surface area contributed by atoms with E-state index in [1.54, 1.807) is 0 Å². The molecule has 2 N–H and O–H groups in total. The van der Waals surface area contributed by atoms with E-state index in [-0.39, 0.29) is 10.7 Å². The third-order valence-electron chi connectivity index (χ3n) is 4.48. The van der Waals surface area contributed by atoms with Crippen LogP contribution in [0.25, 0.3) is 0 Å². The van der Waals surface area contributed by atoms with E-state index in [2.05, 4.69) is 81.9 Å². The second-order valence-corrected chi connectivity index (χ2v) is 12.5. The molecular formula is C17H29N3OSi. The van der Waals surface area contributed by atoms with Gasteiger partial charge in [0.05, 0.1) is 0 Å². The summed E-state index contributed by atoms with van der Waals surface area (Å²) in [5, 5.41) is 5.64. The molecule has 0 aromatic heterocycles. The monoisotopic (exact) mass is 319 g/mol. The maximum Gasteiger partial charge on any atom is 0.250 e. The number of nitrogens with one attached hydrogen (secondary N) is 2. The number of anilines is 1.